The van der Waals surface area contributed by atoms with E-state index in [0.29, 0.717) is 57.0 Å². The normalized spacial score (nSPS) is 13.0. The molecule has 5 N–H and O–H groups in total. The van der Waals surface area contributed by atoms with E-state index in [-0.39, 0.29) is 47.1 Å². The summed E-state index contributed by atoms with van der Waals surface area (Å²) in [7, 11) is -1.73. The third-order valence-electron chi connectivity index (χ3n) is 14.5. The van der Waals surface area contributed by atoms with Crippen molar-refractivity contribution >= 4 is 75.0 Å². The molecule has 6 amide bonds. The van der Waals surface area contributed by atoms with Crippen LogP contribution in [0.3, 0.4) is 0 Å². The van der Waals surface area contributed by atoms with Gasteiger partial charge in [-0.1, -0.05) is 51.0 Å². The van der Waals surface area contributed by atoms with E-state index in [0.717, 1.165) is 91.4 Å². The summed E-state index contributed by atoms with van der Waals surface area (Å²) < 4.78 is 99.0. The zero-order valence-electron chi connectivity index (χ0n) is 48.7. The highest BCUT2D eigenvalue weighted by Gasteiger charge is 2.36. The van der Waals surface area contributed by atoms with Gasteiger partial charge in [-0.25, -0.2) is 60.7 Å². The van der Waals surface area contributed by atoms with Gasteiger partial charge in [-0.3, -0.25) is 13.8 Å². The molecule has 6 aromatic carbocycles. The second kappa shape index (κ2) is 28.3. The summed E-state index contributed by atoms with van der Waals surface area (Å²) in [5.41, 5.74) is 4.02. The number of aryl methyl sites for hydroxylation is 2. The van der Waals surface area contributed by atoms with Crippen molar-refractivity contribution in [2.45, 2.75) is 78.0 Å². The topological polar surface area (TPSA) is 207 Å². The molecule has 456 valence electrons. The van der Waals surface area contributed by atoms with Gasteiger partial charge in [-0.15, -0.1) is 0 Å². The molecule has 24 heteroatoms. The molecule has 0 spiro atoms. The number of halogens is 6. The van der Waals surface area contributed by atoms with Crippen molar-refractivity contribution in [2.24, 2.45) is 0 Å². The summed E-state index contributed by atoms with van der Waals surface area (Å²) in [6.07, 6.45) is 6.62. The summed E-state index contributed by atoms with van der Waals surface area (Å²) >= 11 is 0. The van der Waals surface area contributed by atoms with Crippen LogP contribution >= 0.6 is 0 Å². The zero-order valence-corrected chi connectivity index (χ0v) is 49.5. The van der Waals surface area contributed by atoms with Crippen molar-refractivity contribution in [3.05, 3.63) is 190 Å². The largest absolute Gasteiger partial charge is 0.354 e. The number of urea groups is 2. The second-order valence-corrected chi connectivity index (χ2v) is 22.0. The minimum absolute atomic E-state index is 0.00832. The van der Waals surface area contributed by atoms with E-state index in [2.05, 4.69) is 60.3 Å². The van der Waals surface area contributed by atoms with Crippen molar-refractivity contribution < 1.29 is 49.7 Å². The highest BCUT2D eigenvalue weighted by molar-refractivity contribution is 7.84. The molecule has 88 heavy (non-hydrogen) atoms. The molecule has 0 fully saturated rings. The van der Waals surface area contributed by atoms with Crippen molar-refractivity contribution in [2.75, 3.05) is 58.2 Å². The maximum absolute atomic E-state index is 15.1. The van der Waals surface area contributed by atoms with Gasteiger partial charge in [-0.05, 0) is 161 Å². The van der Waals surface area contributed by atoms with Gasteiger partial charge in [0.1, 0.15) is 46.3 Å². The summed E-state index contributed by atoms with van der Waals surface area (Å²) in [5, 5.41) is 13.9. The first-order valence-corrected chi connectivity index (χ1v) is 29.9. The molecule has 17 nitrogen and oxygen atoms in total. The average molecular weight is 1230 g/mol. The molecule has 0 bridgehead atoms. The molecule has 0 radical (unpaired) electrons. The van der Waals surface area contributed by atoms with Crippen molar-refractivity contribution in [1.82, 2.24) is 35.5 Å². The second-order valence-electron chi connectivity index (χ2n) is 20.7. The Morgan fingerprint density at radius 1 is 0.568 bits per heavy atom. The lowest BCUT2D eigenvalue weighted by molar-refractivity contribution is 0.101. The third-order valence-corrected chi connectivity index (χ3v) is 15.2. The molecule has 10 rings (SSSR count). The molecule has 2 aliphatic heterocycles. The fourth-order valence-electron chi connectivity index (χ4n) is 9.88. The van der Waals surface area contributed by atoms with Crippen LogP contribution in [0.2, 0.25) is 0 Å². The quantitative estimate of drug-likeness (QED) is 0.0276. The number of carbonyl (C=O) groups excluding carboxylic acids is 4. The van der Waals surface area contributed by atoms with Gasteiger partial charge < -0.3 is 31.5 Å². The lowest BCUT2D eigenvalue weighted by Gasteiger charge is -2.31. The Labute approximate surface area is 506 Å². The number of amides is 6. The van der Waals surface area contributed by atoms with Crippen LogP contribution < -0.4 is 36.4 Å². The number of para-hydroxylation sites is 2. The van der Waals surface area contributed by atoms with Crippen LogP contribution in [0, 0.1) is 48.8 Å². The maximum atomic E-state index is 15.1. The summed E-state index contributed by atoms with van der Waals surface area (Å²) in [5.74, 6) is -5.51. The standard InChI is InChI=1S/C37H42F3N7O2.C27H20F3N5O3S/c1-4-6-19-46(20-7-5-2)21-9-18-41-36-44-32(28-22-25(13-12-24(28)3)35(48)43-27-16-14-26(38)15-17-27)29-23-42-37(49)47(34(29)45-36)33-30(39)10-8-11-31(33)40;1-14-6-7-15(25(36)32-17-10-8-16(28)9-11-17)12-18(14)22-19-13-31-27(37)35(23-20(29)4-3-5-21(23)30)24(19)34-26(33-22)39(2)38/h8,10-17,22H,4-7,9,18-21,23H2,1-3H3,(H,42,49)(H,43,48)(H,41,44,45);3-12H,13H2,1-2H3,(H,31,37)(H,32,36). The predicted octanol–water partition coefficient (Wildman–Crippen LogP) is 13.4. The Morgan fingerprint density at radius 2 is 0.989 bits per heavy atom. The third kappa shape index (κ3) is 14.5. The SMILES string of the molecule is CCCCN(CCCC)CCCNc1nc(-c2cc(C(=O)Nc3ccc(F)cc3)ccc2C)c2c(n1)N(c1c(F)cccc1F)C(=O)NC2.Cc1ccc(C(=O)Nc2ccc(F)cc2)cc1-c1nc(S(C)=O)nc2c1CNC(=O)N2c1c(F)cccc1F. The number of hydrogen-bond acceptors (Lipinski definition) is 11. The monoisotopic (exact) mass is 1220 g/mol. The molecule has 2 aromatic heterocycles. The van der Waals surface area contributed by atoms with Gasteiger partial charge in [0, 0.05) is 57.6 Å². The fourth-order valence-corrected chi connectivity index (χ4v) is 10.3. The van der Waals surface area contributed by atoms with Crippen LogP contribution in [-0.4, -0.2) is 85.4 Å². The van der Waals surface area contributed by atoms with Crippen molar-refractivity contribution in [3.8, 4) is 22.5 Å². The first-order chi connectivity index (χ1) is 42.3. The van der Waals surface area contributed by atoms with E-state index in [4.69, 9.17) is 4.98 Å². The summed E-state index contributed by atoms with van der Waals surface area (Å²) in [6, 6.07) is 25.7. The number of anilines is 7. The molecule has 2 aliphatic rings. The number of fused-ring (bicyclic) bond motifs is 2. The van der Waals surface area contributed by atoms with Gasteiger partial charge in [-0.2, -0.15) is 4.98 Å². The van der Waals surface area contributed by atoms with Crippen LogP contribution in [0.25, 0.3) is 22.5 Å². The van der Waals surface area contributed by atoms with Crippen LogP contribution in [0.4, 0.5) is 76.3 Å². The number of benzene rings is 6. The number of nitrogens with one attached hydrogen (secondary N) is 5. The van der Waals surface area contributed by atoms with Crippen LogP contribution in [0.15, 0.2) is 126 Å². The van der Waals surface area contributed by atoms with Gasteiger partial charge in [0.15, 0.2) is 11.6 Å². The van der Waals surface area contributed by atoms with Gasteiger partial charge >= 0.3 is 12.1 Å². The fraction of sp³-hybridized carbons (Fsp3) is 0.250. The molecular weight excluding hydrogens is 1160 g/mol. The lowest BCUT2D eigenvalue weighted by atomic mass is 9.97. The van der Waals surface area contributed by atoms with Crippen molar-refractivity contribution in [1.29, 1.82) is 0 Å². The molecule has 0 saturated carbocycles. The summed E-state index contributed by atoms with van der Waals surface area (Å²) in [6.45, 7) is 11.3. The first kappa shape index (κ1) is 63.0. The molecule has 1 atom stereocenters. The molecule has 4 heterocycles. The van der Waals surface area contributed by atoms with E-state index in [9.17, 15) is 40.9 Å². The highest BCUT2D eigenvalue weighted by Crippen LogP contribution is 2.41. The number of rotatable bonds is 20. The Hall–Kier alpha value is -9.55. The van der Waals surface area contributed by atoms with E-state index in [1.165, 1.54) is 66.9 Å². The molecule has 0 saturated heterocycles. The Balaban J connectivity index is 0.000000215. The highest BCUT2D eigenvalue weighted by atomic mass is 32.2. The Kier molecular flexibility index (Phi) is 20.3. The summed E-state index contributed by atoms with van der Waals surface area (Å²) in [4.78, 5) is 74.7. The minimum Gasteiger partial charge on any atom is -0.354 e. The van der Waals surface area contributed by atoms with Gasteiger partial charge in [0.25, 0.3) is 11.8 Å². The van der Waals surface area contributed by atoms with E-state index >= 15 is 8.78 Å². The van der Waals surface area contributed by atoms with Gasteiger partial charge in [0.2, 0.25) is 11.1 Å². The van der Waals surface area contributed by atoms with Crippen LogP contribution in [-0.2, 0) is 23.9 Å². The van der Waals surface area contributed by atoms with Crippen molar-refractivity contribution in [3.63, 3.8) is 0 Å². The first-order valence-electron chi connectivity index (χ1n) is 28.3. The smallest absolute Gasteiger partial charge is 0.328 e. The average Bonchev–Trinajstić information content (AvgIpc) is 0.881. The van der Waals surface area contributed by atoms with Gasteiger partial charge in [0.05, 0.1) is 35.3 Å². The van der Waals surface area contributed by atoms with E-state index in [1.807, 2.05) is 6.92 Å². The molecule has 8 aromatic rings. The predicted molar refractivity (Wildman–Crippen MR) is 326 cm³/mol. The van der Waals surface area contributed by atoms with Crippen LogP contribution in [0.5, 0.6) is 0 Å². The number of nitrogens with zero attached hydrogens (tertiary/aromatic N) is 7. The number of hydrogen-bond donors (Lipinski definition) is 5. The molecule has 0 aliphatic carbocycles. The Morgan fingerprint density at radius 3 is 1.42 bits per heavy atom. The zero-order chi connectivity index (χ0) is 62.8. The number of carbonyl (C=O) groups is 4. The Bertz CT molecular complexity index is 3910. The number of aromatic nitrogens is 4. The van der Waals surface area contributed by atoms with Crippen LogP contribution in [0.1, 0.15) is 88.9 Å². The molecular formula is C64H62F6N12O5S. The minimum atomic E-state index is -1.73. The number of unbranched alkanes of at least 4 members (excludes halogenated alkanes) is 2. The lowest BCUT2D eigenvalue weighted by Crippen LogP contribution is -2.43. The molecule has 1 unspecified atom stereocenters. The maximum Gasteiger partial charge on any atom is 0.328 e. The van der Waals surface area contributed by atoms with E-state index in [1.54, 1.807) is 43.3 Å². The van der Waals surface area contributed by atoms with E-state index < -0.39 is 81.0 Å².